The van der Waals surface area contributed by atoms with Gasteiger partial charge in [0.2, 0.25) is 5.88 Å². The first-order chi connectivity index (χ1) is 16.3. The molecule has 0 spiro atoms. The summed E-state index contributed by atoms with van der Waals surface area (Å²) in [6.07, 6.45) is 2.23. The number of alkyl halides is 3. The highest BCUT2D eigenvalue weighted by atomic mass is 19.4. The molecule has 34 heavy (non-hydrogen) atoms. The number of halogens is 3. The Morgan fingerprint density at radius 2 is 1.88 bits per heavy atom. The van der Waals surface area contributed by atoms with Crippen molar-refractivity contribution >= 4 is 5.91 Å². The van der Waals surface area contributed by atoms with Crippen LogP contribution in [0.4, 0.5) is 13.2 Å². The summed E-state index contributed by atoms with van der Waals surface area (Å²) in [4.78, 5) is 35.7. The molecule has 2 aliphatic heterocycles. The molecule has 6 rings (SSSR count). The number of hydrogen-bond donors (Lipinski definition) is 0. The fourth-order valence-electron chi connectivity index (χ4n) is 4.64. The normalized spacial score (nSPS) is 22.0. The molecule has 1 saturated carbocycles. The molecule has 11 heteroatoms. The number of pyridine rings is 1. The number of ether oxygens (including phenoxy) is 1. The summed E-state index contributed by atoms with van der Waals surface area (Å²) in [6.45, 7) is 2.37. The van der Waals surface area contributed by atoms with Crippen molar-refractivity contribution in [1.29, 1.82) is 0 Å². The summed E-state index contributed by atoms with van der Waals surface area (Å²) in [5.74, 6) is 0.383. The van der Waals surface area contributed by atoms with E-state index in [4.69, 9.17) is 4.74 Å². The number of aryl methyl sites for hydroxylation is 1. The molecular weight excluding hydrogens is 449 g/mol. The molecular formula is C23H21F3N6O2. The zero-order valence-corrected chi connectivity index (χ0v) is 18.2. The highest BCUT2D eigenvalue weighted by Crippen LogP contribution is 2.38. The number of piperidine rings is 2. The summed E-state index contributed by atoms with van der Waals surface area (Å²) >= 11 is 0. The number of amides is 1. The average molecular weight is 470 g/mol. The SMILES string of the molecule is Cc1ccc(-c2ncccn2)c(C(=O)N2C[C@H]3CC[C@H]2[C@H](Oc2cnc(C(F)(F)F)cn2)C3)n1. The number of nitrogens with zero attached hydrogens (tertiary/aromatic N) is 6. The van der Waals surface area contributed by atoms with Gasteiger partial charge in [-0.3, -0.25) is 4.79 Å². The molecule has 3 aliphatic rings. The minimum atomic E-state index is -4.57. The zero-order chi connectivity index (χ0) is 23.9. The van der Waals surface area contributed by atoms with Crippen molar-refractivity contribution in [3.63, 3.8) is 0 Å². The lowest BCUT2D eigenvalue weighted by Crippen LogP contribution is -2.59. The molecule has 0 N–H and O–H groups in total. The Morgan fingerprint density at radius 3 is 2.56 bits per heavy atom. The van der Waals surface area contributed by atoms with Crippen molar-refractivity contribution in [2.24, 2.45) is 5.92 Å². The van der Waals surface area contributed by atoms with E-state index in [1.54, 1.807) is 35.5 Å². The molecule has 5 heterocycles. The van der Waals surface area contributed by atoms with Crippen LogP contribution in [0.25, 0.3) is 11.4 Å². The van der Waals surface area contributed by atoms with Crippen LogP contribution < -0.4 is 4.74 Å². The van der Waals surface area contributed by atoms with Crippen molar-refractivity contribution in [1.82, 2.24) is 29.8 Å². The van der Waals surface area contributed by atoms with Crippen LogP contribution in [-0.2, 0) is 6.18 Å². The summed E-state index contributed by atoms with van der Waals surface area (Å²) in [5.41, 5.74) is 0.427. The Labute approximate surface area is 193 Å². The van der Waals surface area contributed by atoms with E-state index in [1.807, 2.05) is 6.92 Å². The highest BCUT2D eigenvalue weighted by Gasteiger charge is 2.45. The molecule has 0 radical (unpaired) electrons. The second kappa shape index (κ2) is 8.62. The van der Waals surface area contributed by atoms with E-state index in [1.165, 1.54) is 0 Å². The Bertz CT molecular complexity index is 1190. The third-order valence-corrected chi connectivity index (χ3v) is 6.22. The van der Waals surface area contributed by atoms with E-state index in [0.29, 0.717) is 36.2 Å². The molecule has 0 unspecified atom stereocenters. The molecule has 3 atom stereocenters. The molecule has 3 aromatic rings. The minimum absolute atomic E-state index is 0.00463. The molecule has 8 nitrogen and oxygen atoms in total. The van der Waals surface area contributed by atoms with E-state index in [0.717, 1.165) is 19.0 Å². The van der Waals surface area contributed by atoms with Crippen LogP contribution in [-0.4, -0.2) is 54.4 Å². The van der Waals surface area contributed by atoms with E-state index >= 15 is 0 Å². The molecule has 1 aliphatic carbocycles. The molecule has 1 amide bonds. The van der Waals surface area contributed by atoms with Crippen molar-refractivity contribution in [3.8, 4) is 17.3 Å². The van der Waals surface area contributed by atoms with Gasteiger partial charge in [0.1, 0.15) is 11.8 Å². The molecule has 2 bridgehead atoms. The maximum absolute atomic E-state index is 13.7. The summed E-state index contributed by atoms with van der Waals surface area (Å²) in [6, 6.07) is 5.04. The standard InChI is InChI=1S/C23H21F3N6O2/c1-13-3-5-15(21-27-7-2-8-28-21)20(31-13)22(33)32-12-14-4-6-16(32)17(9-14)34-19-11-29-18(10-30-19)23(24,25)26/h2-3,5,7-8,10-11,14,16-17H,4,6,9,12H2,1H3/t14-,16-,17+/m0/s1. The Balaban J connectivity index is 1.40. The van der Waals surface area contributed by atoms with Gasteiger partial charge in [0.15, 0.2) is 11.5 Å². The molecule has 2 saturated heterocycles. The lowest BCUT2D eigenvalue weighted by molar-refractivity contribution is -0.141. The van der Waals surface area contributed by atoms with Crippen LogP contribution in [0.3, 0.4) is 0 Å². The molecule has 3 aromatic heterocycles. The number of carbonyl (C=O) groups is 1. The minimum Gasteiger partial charge on any atom is -0.471 e. The monoisotopic (exact) mass is 470 g/mol. The van der Waals surface area contributed by atoms with E-state index in [-0.39, 0.29) is 29.4 Å². The van der Waals surface area contributed by atoms with Gasteiger partial charge in [0.05, 0.1) is 24.0 Å². The summed E-state index contributed by atoms with van der Waals surface area (Å²) < 4.78 is 44.3. The first kappa shape index (κ1) is 22.2. The average Bonchev–Trinajstić information content (AvgIpc) is 2.84. The zero-order valence-electron chi connectivity index (χ0n) is 18.2. The summed E-state index contributed by atoms with van der Waals surface area (Å²) in [5, 5.41) is 0. The predicted octanol–water partition coefficient (Wildman–Crippen LogP) is 3.73. The van der Waals surface area contributed by atoms with Crippen molar-refractivity contribution < 1.29 is 22.7 Å². The molecule has 0 aromatic carbocycles. The topological polar surface area (TPSA) is 94.0 Å². The van der Waals surface area contributed by atoms with Gasteiger partial charge in [-0.25, -0.2) is 24.9 Å². The number of rotatable bonds is 4. The third-order valence-electron chi connectivity index (χ3n) is 6.22. The van der Waals surface area contributed by atoms with Crippen LogP contribution in [0.1, 0.15) is 41.1 Å². The first-order valence-corrected chi connectivity index (χ1v) is 10.9. The quantitative estimate of drug-likeness (QED) is 0.574. The van der Waals surface area contributed by atoms with Crippen LogP contribution in [0, 0.1) is 12.8 Å². The van der Waals surface area contributed by atoms with Crippen molar-refractivity contribution in [3.05, 3.63) is 60.1 Å². The van der Waals surface area contributed by atoms with Gasteiger partial charge in [0.25, 0.3) is 5.91 Å². The second-order valence-corrected chi connectivity index (χ2v) is 8.52. The molecule has 3 fully saturated rings. The van der Waals surface area contributed by atoms with Gasteiger partial charge >= 0.3 is 6.18 Å². The number of carbonyl (C=O) groups excluding carboxylic acids is 1. The van der Waals surface area contributed by atoms with Crippen molar-refractivity contribution in [2.45, 2.75) is 44.5 Å². The fourth-order valence-corrected chi connectivity index (χ4v) is 4.64. The van der Waals surface area contributed by atoms with E-state index < -0.39 is 18.0 Å². The van der Waals surface area contributed by atoms with Gasteiger partial charge in [-0.15, -0.1) is 0 Å². The largest absolute Gasteiger partial charge is 0.471 e. The van der Waals surface area contributed by atoms with E-state index in [2.05, 4.69) is 24.9 Å². The Hall–Kier alpha value is -3.63. The summed E-state index contributed by atoms with van der Waals surface area (Å²) in [7, 11) is 0. The fraction of sp³-hybridized carbons (Fsp3) is 0.391. The molecule has 176 valence electrons. The maximum Gasteiger partial charge on any atom is 0.434 e. The lowest BCUT2D eigenvalue weighted by atomic mass is 9.77. The van der Waals surface area contributed by atoms with Gasteiger partial charge in [0, 0.05) is 24.6 Å². The Kier molecular flexibility index (Phi) is 5.62. The van der Waals surface area contributed by atoms with Gasteiger partial charge in [-0.2, -0.15) is 13.2 Å². The van der Waals surface area contributed by atoms with Crippen LogP contribution >= 0.6 is 0 Å². The highest BCUT2D eigenvalue weighted by molar-refractivity contribution is 5.98. The number of fused-ring (bicyclic) bond motifs is 3. The van der Waals surface area contributed by atoms with Gasteiger partial charge in [-0.1, -0.05) is 0 Å². The lowest BCUT2D eigenvalue weighted by Gasteiger charge is -2.49. The predicted molar refractivity (Wildman–Crippen MR) is 114 cm³/mol. The number of hydrogen-bond acceptors (Lipinski definition) is 7. The van der Waals surface area contributed by atoms with Crippen LogP contribution in [0.2, 0.25) is 0 Å². The smallest absolute Gasteiger partial charge is 0.434 e. The third kappa shape index (κ3) is 4.29. The Morgan fingerprint density at radius 1 is 1.09 bits per heavy atom. The van der Waals surface area contributed by atoms with Crippen molar-refractivity contribution in [2.75, 3.05) is 6.54 Å². The second-order valence-electron chi connectivity index (χ2n) is 8.52. The van der Waals surface area contributed by atoms with Crippen LogP contribution in [0.15, 0.2) is 43.0 Å². The van der Waals surface area contributed by atoms with E-state index in [9.17, 15) is 18.0 Å². The maximum atomic E-state index is 13.7. The first-order valence-electron chi connectivity index (χ1n) is 10.9. The van der Waals surface area contributed by atoms with Gasteiger partial charge in [-0.05, 0) is 50.3 Å². The number of aromatic nitrogens is 5. The van der Waals surface area contributed by atoms with Gasteiger partial charge < -0.3 is 9.64 Å². The van der Waals surface area contributed by atoms with Crippen LogP contribution in [0.5, 0.6) is 5.88 Å².